The van der Waals surface area contributed by atoms with Crippen molar-refractivity contribution in [1.29, 1.82) is 0 Å². The van der Waals surface area contributed by atoms with Crippen molar-refractivity contribution in [2.45, 2.75) is 39.0 Å². The summed E-state index contributed by atoms with van der Waals surface area (Å²) in [5, 5.41) is 17.2. The zero-order valence-corrected chi connectivity index (χ0v) is 39.0. The van der Waals surface area contributed by atoms with Crippen molar-refractivity contribution >= 4 is 11.9 Å². The fraction of sp³-hybridized carbons (Fsp3) is 0.208. The summed E-state index contributed by atoms with van der Waals surface area (Å²) in [5.74, 6) is -1.26. The van der Waals surface area contributed by atoms with Crippen molar-refractivity contribution in [1.82, 2.24) is 30.1 Å². The van der Waals surface area contributed by atoms with Crippen molar-refractivity contribution < 1.29 is 59.6 Å². The van der Waals surface area contributed by atoms with Crippen LogP contribution < -0.4 is 4.74 Å². The van der Waals surface area contributed by atoms with Crippen molar-refractivity contribution in [2.75, 3.05) is 34.3 Å². The van der Waals surface area contributed by atoms with E-state index in [1.807, 2.05) is 12.1 Å². The van der Waals surface area contributed by atoms with Gasteiger partial charge in [0.2, 0.25) is 11.6 Å². The van der Waals surface area contributed by atoms with Gasteiger partial charge >= 0.3 is 24.3 Å². The minimum atomic E-state index is -4.85. The maximum absolute atomic E-state index is 14.8. The zero-order chi connectivity index (χ0) is 51.3. The average Bonchev–Trinajstić information content (AvgIpc) is 4.03. The quantitative estimate of drug-likeness (QED) is 0.0523. The van der Waals surface area contributed by atoms with E-state index in [0.29, 0.717) is 45.5 Å². The highest BCUT2D eigenvalue weighted by molar-refractivity contribution is 5.78. The summed E-state index contributed by atoms with van der Waals surface area (Å²) >= 11 is 0. The minimum Gasteiger partial charge on any atom is -0.480 e. The summed E-state index contributed by atoms with van der Waals surface area (Å²) in [6.07, 6.45) is -9.38. The number of ether oxygens (including phenoxy) is 2. The Morgan fingerprint density at radius 3 is 1.83 bits per heavy atom. The summed E-state index contributed by atoms with van der Waals surface area (Å²) in [6.45, 7) is 1.88. The van der Waals surface area contributed by atoms with Gasteiger partial charge in [-0.15, -0.1) is 0 Å². The number of carbonyl (C=O) groups excluding carboxylic acids is 1. The van der Waals surface area contributed by atoms with Crippen molar-refractivity contribution in [3.05, 3.63) is 161 Å². The SMILES string of the molecule is COCc1cc(-c2nc(-c3ccc(CN(C)CC(=O)O)cc3)no2)ccc1-c1ccc(OC(=O)CN(C)Cc2cccc(-c3noc(-c4ccc(-c5ccccc5C(F)(F)F)c(C)c4)n3)c2)cc1C(F)(F)F. The van der Waals surface area contributed by atoms with E-state index in [1.54, 1.807) is 104 Å². The Bertz CT molecular complexity index is 3240. The number of nitrogens with zero attached hydrogens (tertiary/aromatic N) is 6. The Balaban J connectivity index is 0.919. The van der Waals surface area contributed by atoms with Gasteiger partial charge in [0, 0.05) is 42.5 Å². The summed E-state index contributed by atoms with van der Waals surface area (Å²) in [6, 6.07) is 32.5. The highest BCUT2D eigenvalue weighted by atomic mass is 19.4. The molecule has 0 saturated heterocycles. The number of likely N-dealkylation sites (N-methyl/N-ethyl adjacent to an activating group) is 2. The standard InChI is InChI=1S/C53H44F6N6O7/c1-31-22-36(16-19-40(31)42-10-5-6-11-44(42)52(54,55)56)50-61-49(63-71-50)35-9-7-8-33(23-35)27-65(3)29-47(68)70-39-18-21-43(45(25-39)53(57,58)59)41-20-17-37(24-38(41)30-69-4)51-60-48(62-72-51)34-14-12-32(13-15-34)26-64(2)28-46(66)67/h5-25H,26-30H2,1-4H3,(H,66,67). The number of benzene rings is 6. The van der Waals surface area contributed by atoms with Gasteiger partial charge in [-0.3, -0.25) is 19.4 Å². The maximum atomic E-state index is 14.8. The van der Waals surface area contributed by atoms with E-state index in [1.165, 1.54) is 37.4 Å². The Morgan fingerprint density at radius 2 is 1.18 bits per heavy atom. The van der Waals surface area contributed by atoms with Crippen molar-refractivity contribution in [3.8, 4) is 73.7 Å². The molecule has 2 aromatic heterocycles. The molecule has 0 aliphatic carbocycles. The molecule has 0 aliphatic heterocycles. The van der Waals surface area contributed by atoms with Crippen molar-refractivity contribution in [3.63, 3.8) is 0 Å². The van der Waals surface area contributed by atoms with Gasteiger partial charge in [-0.05, 0) is 114 Å². The number of hydrogen-bond donors (Lipinski definition) is 1. The number of methoxy groups -OCH3 is 1. The predicted octanol–water partition coefficient (Wildman–Crippen LogP) is 11.5. The van der Waals surface area contributed by atoms with E-state index in [4.69, 9.17) is 23.6 Å². The molecular formula is C53H44F6N6O7. The van der Waals surface area contributed by atoms with E-state index in [2.05, 4.69) is 20.3 Å². The number of carboxylic acids is 1. The van der Waals surface area contributed by atoms with Crippen LogP contribution in [0.25, 0.3) is 67.9 Å². The number of rotatable bonds is 17. The van der Waals surface area contributed by atoms with Crippen LogP contribution in [0.4, 0.5) is 26.3 Å². The third-order valence-corrected chi connectivity index (χ3v) is 11.4. The summed E-state index contributed by atoms with van der Waals surface area (Å²) in [7, 11) is 4.75. The van der Waals surface area contributed by atoms with E-state index < -0.39 is 35.4 Å². The number of halogens is 6. The molecule has 0 atom stereocenters. The van der Waals surface area contributed by atoms with E-state index in [-0.39, 0.29) is 72.1 Å². The van der Waals surface area contributed by atoms with Crippen LogP contribution in [0.3, 0.4) is 0 Å². The fourth-order valence-corrected chi connectivity index (χ4v) is 8.22. The summed E-state index contributed by atoms with van der Waals surface area (Å²) < 4.78 is 107. The first kappa shape index (κ1) is 50.4. The molecule has 6 aromatic carbocycles. The number of aromatic nitrogens is 4. The molecule has 0 fully saturated rings. The van der Waals surface area contributed by atoms with E-state index in [9.17, 15) is 35.9 Å². The molecule has 0 bridgehead atoms. The Labute approximate surface area is 408 Å². The lowest BCUT2D eigenvalue weighted by atomic mass is 9.93. The molecule has 0 amide bonds. The summed E-state index contributed by atoms with van der Waals surface area (Å²) in [5.41, 5.74) is 3.46. The van der Waals surface area contributed by atoms with E-state index in [0.717, 1.165) is 23.3 Å². The molecule has 8 aromatic rings. The molecule has 0 radical (unpaired) electrons. The lowest BCUT2D eigenvalue weighted by Gasteiger charge is -2.19. The molecule has 1 N–H and O–H groups in total. The first-order valence-corrected chi connectivity index (χ1v) is 22.1. The Morgan fingerprint density at radius 1 is 0.597 bits per heavy atom. The number of carbonyl (C=O) groups is 2. The largest absolute Gasteiger partial charge is 0.480 e. The normalized spacial score (nSPS) is 11.9. The third kappa shape index (κ3) is 11.9. The van der Waals surface area contributed by atoms with Crippen LogP contribution in [-0.2, 0) is 46.4 Å². The van der Waals surface area contributed by atoms with Gasteiger partial charge in [-0.2, -0.15) is 36.3 Å². The highest BCUT2D eigenvalue weighted by Gasteiger charge is 2.36. The van der Waals surface area contributed by atoms with Crippen LogP contribution in [0.15, 0.2) is 136 Å². The number of carboxylic acid groups (broad SMARTS) is 1. The molecule has 0 aliphatic rings. The second-order valence-corrected chi connectivity index (χ2v) is 17.0. The van der Waals surface area contributed by atoms with Gasteiger partial charge in [-0.25, -0.2) is 0 Å². The van der Waals surface area contributed by atoms with E-state index >= 15 is 0 Å². The van der Waals surface area contributed by atoms with Crippen molar-refractivity contribution in [2.24, 2.45) is 0 Å². The van der Waals surface area contributed by atoms with Gasteiger partial charge in [0.15, 0.2) is 0 Å². The van der Waals surface area contributed by atoms with Crippen LogP contribution in [0.2, 0.25) is 0 Å². The molecule has 0 unspecified atom stereocenters. The Hall–Kier alpha value is -8.00. The number of hydrogen-bond acceptors (Lipinski definition) is 12. The third-order valence-electron chi connectivity index (χ3n) is 11.4. The number of esters is 1. The molecule has 0 saturated carbocycles. The van der Waals surface area contributed by atoms with Crippen LogP contribution >= 0.6 is 0 Å². The summed E-state index contributed by atoms with van der Waals surface area (Å²) in [4.78, 5) is 36.5. The van der Waals surface area contributed by atoms with Gasteiger partial charge < -0.3 is 23.6 Å². The molecule has 370 valence electrons. The second-order valence-electron chi connectivity index (χ2n) is 17.0. The van der Waals surface area contributed by atoms with Crippen LogP contribution in [0, 0.1) is 6.92 Å². The Kier molecular flexibility index (Phi) is 14.8. The smallest absolute Gasteiger partial charge is 0.417 e. The topological polar surface area (TPSA) is 157 Å². The highest BCUT2D eigenvalue weighted by Crippen LogP contribution is 2.42. The average molecular weight is 991 g/mol. The molecule has 13 nitrogen and oxygen atoms in total. The lowest BCUT2D eigenvalue weighted by Crippen LogP contribution is -2.28. The van der Waals surface area contributed by atoms with Gasteiger partial charge in [0.05, 0.1) is 30.8 Å². The molecule has 19 heteroatoms. The number of aryl methyl sites for hydroxylation is 1. The number of aliphatic carboxylic acids is 1. The molecule has 72 heavy (non-hydrogen) atoms. The number of alkyl halides is 6. The monoisotopic (exact) mass is 990 g/mol. The van der Waals surface area contributed by atoms with Gasteiger partial charge in [-0.1, -0.05) is 89.2 Å². The lowest BCUT2D eigenvalue weighted by molar-refractivity contribution is -0.139. The molecule has 2 heterocycles. The second kappa shape index (κ2) is 21.2. The molecular weight excluding hydrogens is 947 g/mol. The van der Waals surface area contributed by atoms with Gasteiger partial charge in [0.25, 0.3) is 11.8 Å². The van der Waals surface area contributed by atoms with Crippen LogP contribution in [-0.4, -0.2) is 81.4 Å². The maximum Gasteiger partial charge on any atom is 0.417 e. The first-order chi connectivity index (χ1) is 34.3. The fourth-order valence-electron chi connectivity index (χ4n) is 8.22. The van der Waals surface area contributed by atoms with Crippen LogP contribution in [0.1, 0.15) is 33.4 Å². The van der Waals surface area contributed by atoms with Crippen LogP contribution in [0.5, 0.6) is 5.75 Å². The predicted molar refractivity (Wildman–Crippen MR) is 253 cm³/mol. The van der Waals surface area contributed by atoms with Gasteiger partial charge in [0.1, 0.15) is 5.75 Å². The minimum absolute atomic E-state index is 0.0547. The molecule has 0 spiro atoms. The first-order valence-electron chi connectivity index (χ1n) is 22.1. The molecule has 8 rings (SSSR count). The zero-order valence-electron chi connectivity index (χ0n) is 39.0.